The fourth-order valence-corrected chi connectivity index (χ4v) is 2.40. The van der Waals surface area contributed by atoms with Gasteiger partial charge in [0.15, 0.2) is 5.69 Å². The number of hydrogen-bond acceptors (Lipinski definition) is 6. The summed E-state index contributed by atoms with van der Waals surface area (Å²) in [6.45, 7) is 7.26. The quantitative estimate of drug-likeness (QED) is 0.520. The molecule has 1 aromatic rings. The number of hydrogen-bond donors (Lipinski definition) is 0. The molecule has 112 valence electrons. The summed E-state index contributed by atoms with van der Waals surface area (Å²) in [6, 6.07) is 0. The van der Waals surface area contributed by atoms with Crippen LogP contribution in [0.3, 0.4) is 0 Å². The molecule has 0 aromatic carbocycles. The Morgan fingerprint density at radius 2 is 2.20 bits per heavy atom. The van der Waals surface area contributed by atoms with E-state index in [1.807, 2.05) is 0 Å². The number of esters is 1. The Morgan fingerprint density at radius 3 is 2.80 bits per heavy atom. The minimum Gasteiger partial charge on any atom is -0.457 e. The molecule has 0 N–H and O–H groups in total. The van der Waals surface area contributed by atoms with Gasteiger partial charge in [-0.1, -0.05) is 24.8 Å². The average molecular weight is 301 g/mol. The van der Waals surface area contributed by atoms with E-state index in [9.17, 15) is 13.2 Å². The van der Waals surface area contributed by atoms with Gasteiger partial charge in [0.1, 0.15) is 16.4 Å². The highest BCUT2D eigenvalue weighted by Gasteiger charge is 2.17. The van der Waals surface area contributed by atoms with Crippen molar-refractivity contribution in [1.82, 2.24) is 15.0 Å². The summed E-state index contributed by atoms with van der Waals surface area (Å²) >= 11 is 0. The van der Waals surface area contributed by atoms with Crippen LogP contribution in [0.1, 0.15) is 29.5 Å². The number of aromatic nitrogens is 3. The highest BCUT2D eigenvalue weighted by Crippen LogP contribution is 2.07. The van der Waals surface area contributed by atoms with E-state index in [0.717, 1.165) is 0 Å². The van der Waals surface area contributed by atoms with Crippen LogP contribution in [0.5, 0.6) is 0 Å². The maximum absolute atomic E-state index is 11.6. The molecule has 0 atom stereocenters. The molecule has 1 aromatic heterocycles. The Bertz CT molecular complexity index is 578. The highest BCUT2D eigenvalue weighted by atomic mass is 32.2. The lowest BCUT2D eigenvalue weighted by Crippen LogP contribution is -2.13. The molecule has 0 aliphatic rings. The average Bonchev–Trinajstić information content (AvgIpc) is 2.77. The molecule has 7 nitrogen and oxygen atoms in total. The van der Waals surface area contributed by atoms with Gasteiger partial charge in [-0.3, -0.25) is 0 Å². The molecule has 0 aliphatic carbocycles. The zero-order valence-corrected chi connectivity index (χ0v) is 12.5. The van der Waals surface area contributed by atoms with Crippen molar-refractivity contribution in [3.63, 3.8) is 0 Å². The maximum atomic E-state index is 11.6. The molecule has 0 bridgehead atoms. The topological polar surface area (TPSA) is 91.2 Å². The molecule has 8 heteroatoms. The first-order valence-electron chi connectivity index (χ1n) is 6.29. The minimum atomic E-state index is -2.99. The van der Waals surface area contributed by atoms with Gasteiger partial charge in [-0.05, 0) is 13.3 Å². The van der Waals surface area contributed by atoms with E-state index in [-0.39, 0.29) is 23.8 Å². The second-order valence-corrected chi connectivity index (χ2v) is 6.70. The van der Waals surface area contributed by atoms with Gasteiger partial charge in [0.05, 0.1) is 11.4 Å². The van der Waals surface area contributed by atoms with Gasteiger partial charge in [0.25, 0.3) is 0 Å². The minimum absolute atomic E-state index is 0.0963. The van der Waals surface area contributed by atoms with Crippen LogP contribution in [-0.2, 0) is 21.1 Å². The molecule has 0 saturated heterocycles. The van der Waals surface area contributed by atoms with Crippen molar-refractivity contribution in [2.75, 3.05) is 18.1 Å². The van der Waals surface area contributed by atoms with Crippen LogP contribution in [0.2, 0.25) is 0 Å². The normalized spacial score (nSPS) is 11.3. The second kappa shape index (κ2) is 7.18. The summed E-state index contributed by atoms with van der Waals surface area (Å²) in [7, 11) is -2.99. The van der Waals surface area contributed by atoms with Gasteiger partial charge < -0.3 is 4.74 Å². The van der Waals surface area contributed by atoms with Crippen LogP contribution in [-0.4, -0.2) is 47.5 Å². The third-order valence-electron chi connectivity index (χ3n) is 2.77. The van der Waals surface area contributed by atoms with E-state index in [1.165, 1.54) is 10.8 Å². The van der Waals surface area contributed by atoms with E-state index < -0.39 is 15.8 Å². The van der Waals surface area contributed by atoms with Crippen LogP contribution >= 0.6 is 0 Å². The van der Waals surface area contributed by atoms with E-state index in [1.54, 1.807) is 13.8 Å². The summed E-state index contributed by atoms with van der Waals surface area (Å²) in [6.07, 6.45) is 1.90. The second-order valence-electron chi connectivity index (χ2n) is 4.22. The van der Waals surface area contributed by atoms with Crippen LogP contribution in [0.15, 0.2) is 12.7 Å². The Morgan fingerprint density at radius 1 is 1.50 bits per heavy atom. The van der Waals surface area contributed by atoms with Crippen LogP contribution in [0, 0.1) is 6.92 Å². The molecular weight excluding hydrogens is 282 g/mol. The van der Waals surface area contributed by atoms with Crippen molar-refractivity contribution >= 4 is 15.8 Å². The molecule has 1 rings (SSSR count). The first-order chi connectivity index (χ1) is 9.41. The smallest absolute Gasteiger partial charge is 0.361 e. The Kier molecular flexibility index (Phi) is 5.87. The predicted octanol–water partition coefficient (Wildman–Crippen LogP) is 0.754. The molecule has 0 radical (unpaired) electrons. The molecule has 20 heavy (non-hydrogen) atoms. The van der Waals surface area contributed by atoms with Gasteiger partial charge in [-0.15, -0.1) is 5.10 Å². The molecule has 0 unspecified atom stereocenters. The largest absolute Gasteiger partial charge is 0.457 e. The third-order valence-corrected chi connectivity index (χ3v) is 4.56. The van der Waals surface area contributed by atoms with Crippen molar-refractivity contribution in [2.24, 2.45) is 0 Å². The summed E-state index contributed by atoms with van der Waals surface area (Å²) in [5.74, 6) is -0.337. The van der Waals surface area contributed by atoms with Crippen LogP contribution in [0.4, 0.5) is 0 Å². The fraction of sp³-hybridized carbons (Fsp3) is 0.583. The van der Waals surface area contributed by atoms with E-state index in [2.05, 4.69) is 16.9 Å². The Balaban J connectivity index is 2.63. The summed E-state index contributed by atoms with van der Waals surface area (Å²) in [5.41, 5.74) is 0.707. The first kappa shape index (κ1) is 16.4. The first-order valence-corrected chi connectivity index (χ1v) is 8.12. The van der Waals surface area contributed by atoms with Gasteiger partial charge in [-0.25, -0.2) is 17.9 Å². The summed E-state index contributed by atoms with van der Waals surface area (Å²) in [4.78, 5) is 11.6. The van der Waals surface area contributed by atoms with Crippen molar-refractivity contribution in [3.8, 4) is 0 Å². The molecule has 0 fully saturated rings. The Hall–Kier alpha value is -1.70. The molecular formula is C12H19N3O4S. The van der Waals surface area contributed by atoms with E-state index in [0.29, 0.717) is 18.7 Å². The number of sulfone groups is 1. The number of carbonyl (C=O) groups is 1. The molecule has 0 spiro atoms. The number of aryl methyl sites for hydroxylation is 1. The third kappa shape index (κ3) is 4.44. The lowest BCUT2D eigenvalue weighted by atomic mass is 10.3. The Labute approximate surface area is 118 Å². The van der Waals surface area contributed by atoms with Gasteiger partial charge in [0.2, 0.25) is 0 Å². The predicted molar refractivity (Wildman–Crippen MR) is 74.2 cm³/mol. The maximum Gasteiger partial charge on any atom is 0.361 e. The van der Waals surface area contributed by atoms with Crippen molar-refractivity contribution in [2.45, 2.75) is 26.8 Å². The zero-order valence-electron chi connectivity index (χ0n) is 11.7. The molecule has 0 saturated carbocycles. The van der Waals surface area contributed by atoms with Gasteiger partial charge in [0, 0.05) is 12.3 Å². The van der Waals surface area contributed by atoms with Crippen LogP contribution in [0.25, 0.3) is 0 Å². The van der Waals surface area contributed by atoms with Crippen molar-refractivity contribution in [3.05, 3.63) is 24.0 Å². The monoisotopic (exact) mass is 301 g/mol. The number of rotatable bonds is 8. The fourth-order valence-electron chi connectivity index (χ4n) is 1.54. The number of carbonyl (C=O) groups excluding carboxylic acids is 1. The standard InChI is InChI=1S/C12H19N3O4S/c1-4-8-19-12(16)11-10(3)15(14-13-11)7-6-9-20(17,18)5-2/h4H,1,5-9H2,2-3H3. The van der Waals surface area contributed by atoms with Crippen molar-refractivity contribution in [1.29, 1.82) is 0 Å². The van der Waals surface area contributed by atoms with Crippen molar-refractivity contribution < 1.29 is 17.9 Å². The molecule has 0 amide bonds. The van der Waals surface area contributed by atoms with Crippen LogP contribution < -0.4 is 0 Å². The lowest BCUT2D eigenvalue weighted by Gasteiger charge is -2.04. The SMILES string of the molecule is C=CCOC(=O)c1nnn(CCCS(=O)(=O)CC)c1C. The number of nitrogens with zero attached hydrogens (tertiary/aromatic N) is 3. The lowest BCUT2D eigenvalue weighted by molar-refractivity contribution is 0.0542. The highest BCUT2D eigenvalue weighted by molar-refractivity contribution is 7.91. The van der Waals surface area contributed by atoms with E-state index in [4.69, 9.17) is 4.74 Å². The van der Waals surface area contributed by atoms with E-state index >= 15 is 0 Å². The summed E-state index contributed by atoms with van der Waals surface area (Å²) < 4.78 is 29.1. The van der Waals surface area contributed by atoms with Gasteiger partial charge in [-0.2, -0.15) is 0 Å². The zero-order chi connectivity index (χ0) is 15.2. The molecule has 0 aliphatic heterocycles. The molecule has 1 heterocycles. The summed E-state index contributed by atoms with van der Waals surface area (Å²) in [5, 5.41) is 7.59. The number of ether oxygens (including phenoxy) is 1. The van der Waals surface area contributed by atoms with Gasteiger partial charge >= 0.3 is 5.97 Å².